The molecular weight excluding hydrogens is 659 g/mol. The standard InChI is InChI=1S/3C10H13.C7H9ClN2O2.Sn/c3*1-10(2,3)9-7-5-4-6-8-9;1-3-4-5(7(11)12)6(8)10(2)9-4;/h3*4-8H,1H2,2-3H3;3H2,1-2H3,(H,11,12);. The predicted molar refractivity (Wildman–Crippen MR) is 183 cm³/mol. The number of carbonyl (C=O) groups is 1. The molecule has 4 rings (SSSR count). The van der Waals surface area contributed by atoms with Gasteiger partial charge in [-0.15, -0.1) is 0 Å². The average molecular weight is 707 g/mol. The van der Waals surface area contributed by atoms with Gasteiger partial charge in [0.25, 0.3) is 0 Å². The predicted octanol–water partition coefficient (Wildman–Crippen LogP) is 9.75. The summed E-state index contributed by atoms with van der Waals surface area (Å²) in [5, 5.41) is 12.9. The van der Waals surface area contributed by atoms with Crippen LogP contribution in [0.3, 0.4) is 0 Å². The number of carboxylic acid groups (broad SMARTS) is 1. The summed E-state index contributed by atoms with van der Waals surface area (Å²) in [6, 6.07) is 33.5. The van der Waals surface area contributed by atoms with Crippen LogP contribution in [-0.4, -0.2) is 40.6 Å². The van der Waals surface area contributed by atoms with Crippen LogP contribution in [0, 0.1) is 0 Å². The third-order valence-corrected chi connectivity index (χ3v) is 20.6. The fourth-order valence-electron chi connectivity index (χ4n) is 6.05. The van der Waals surface area contributed by atoms with E-state index < -0.39 is 25.7 Å². The second-order valence-corrected chi connectivity index (χ2v) is 21.1. The Hall–Kier alpha value is -2.57. The van der Waals surface area contributed by atoms with Crippen LogP contribution in [0.1, 0.15) is 81.2 Å². The van der Waals surface area contributed by atoms with Gasteiger partial charge in [0.15, 0.2) is 0 Å². The summed E-state index contributed by atoms with van der Waals surface area (Å²) in [6.07, 6.45) is 0.572. The molecule has 0 saturated carbocycles. The van der Waals surface area contributed by atoms with Crippen molar-refractivity contribution in [2.24, 2.45) is 7.05 Å². The number of benzene rings is 3. The summed E-state index contributed by atoms with van der Waals surface area (Å²) in [5.74, 6) is -1.02. The van der Waals surface area contributed by atoms with Crippen molar-refractivity contribution in [3.63, 3.8) is 0 Å². The third-order valence-electron chi connectivity index (χ3n) is 8.34. The summed E-state index contributed by atoms with van der Waals surface area (Å²) in [4.78, 5) is 10.7. The number of hydrogen-bond acceptors (Lipinski definition) is 2. The number of nitrogens with zero attached hydrogens (tertiary/aromatic N) is 2. The van der Waals surface area contributed by atoms with Crippen molar-refractivity contribution in [3.05, 3.63) is 124 Å². The van der Waals surface area contributed by atoms with Gasteiger partial charge in [0.1, 0.15) is 10.7 Å². The molecule has 0 spiro atoms. The second kappa shape index (κ2) is 14.9. The maximum atomic E-state index is 10.7. The normalized spacial score (nSPS) is 12.1. The van der Waals surface area contributed by atoms with Crippen molar-refractivity contribution in [1.29, 1.82) is 0 Å². The van der Waals surface area contributed by atoms with Crippen molar-refractivity contribution < 1.29 is 9.90 Å². The van der Waals surface area contributed by atoms with Crippen LogP contribution in [-0.2, 0) is 29.7 Å². The SMILES string of the molecule is CC(C)([CH2][Sn]([CH2]C(C)(C)c1ccccc1)[CH2]C(C)(C)c1ccccc1)c1ccccc1.CCc1nn(C)c(Cl)c1C(=O)O. The molecule has 0 aliphatic carbocycles. The molecule has 4 aromatic rings. The van der Waals surface area contributed by atoms with Gasteiger partial charge in [-0.05, 0) is 6.42 Å². The van der Waals surface area contributed by atoms with Crippen molar-refractivity contribution in [3.8, 4) is 0 Å². The van der Waals surface area contributed by atoms with Gasteiger partial charge in [-0.3, -0.25) is 4.68 Å². The number of aromatic nitrogens is 2. The quantitative estimate of drug-likeness (QED) is 0.158. The van der Waals surface area contributed by atoms with Crippen LogP contribution in [0.5, 0.6) is 0 Å². The molecule has 1 radical (unpaired) electrons. The molecule has 1 N–H and O–H groups in total. The molecule has 0 aliphatic rings. The molecule has 3 aromatic carbocycles. The number of aryl methyl sites for hydroxylation is 2. The minimum absolute atomic E-state index is 0.113. The molecule has 1 heterocycles. The molecule has 43 heavy (non-hydrogen) atoms. The maximum absolute atomic E-state index is 10.7. The zero-order valence-electron chi connectivity index (χ0n) is 27.1. The third kappa shape index (κ3) is 9.46. The largest absolute Gasteiger partial charge is 0.478 e. The molecular formula is C37H48ClN2O2Sn. The van der Waals surface area contributed by atoms with Crippen LogP contribution < -0.4 is 0 Å². The Morgan fingerprint density at radius 1 is 0.721 bits per heavy atom. The Labute approximate surface area is 271 Å². The fraction of sp³-hybridized carbons (Fsp3) is 0.405. The zero-order valence-corrected chi connectivity index (χ0v) is 30.7. The Bertz CT molecular complexity index is 1320. The summed E-state index contributed by atoms with van der Waals surface area (Å²) in [6.45, 7) is 16.6. The van der Waals surface area contributed by atoms with Gasteiger partial charge in [-0.2, -0.15) is 5.10 Å². The van der Waals surface area contributed by atoms with Crippen molar-refractivity contribution in [2.45, 2.75) is 84.4 Å². The molecule has 1 aromatic heterocycles. The summed E-state index contributed by atoms with van der Waals surface area (Å²) in [5.41, 5.74) is 5.80. The molecule has 0 fully saturated rings. The smallest absolute Gasteiger partial charge is 0.340 e. The van der Waals surface area contributed by atoms with Crippen LogP contribution in [0.2, 0.25) is 18.5 Å². The second-order valence-electron chi connectivity index (χ2n) is 13.4. The molecule has 0 unspecified atom stereocenters. The van der Waals surface area contributed by atoms with Gasteiger partial charge in [-0.1, -0.05) is 18.5 Å². The van der Waals surface area contributed by atoms with Gasteiger partial charge < -0.3 is 5.11 Å². The van der Waals surface area contributed by atoms with E-state index in [0.717, 1.165) is 0 Å². The maximum Gasteiger partial charge on any atom is 0.340 e. The van der Waals surface area contributed by atoms with Gasteiger partial charge in [0, 0.05) is 7.05 Å². The van der Waals surface area contributed by atoms with Crippen molar-refractivity contribution in [2.75, 3.05) is 0 Å². The van der Waals surface area contributed by atoms with Gasteiger partial charge in [0.05, 0.1) is 5.69 Å². The Morgan fingerprint density at radius 3 is 1.30 bits per heavy atom. The van der Waals surface area contributed by atoms with Crippen molar-refractivity contribution in [1.82, 2.24) is 9.78 Å². The molecule has 0 atom stereocenters. The molecule has 0 bridgehead atoms. The van der Waals surface area contributed by atoms with E-state index in [4.69, 9.17) is 16.7 Å². The first kappa shape index (κ1) is 34.9. The number of carboxylic acids is 1. The minimum atomic E-state index is -1.84. The molecule has 4 nitrogen and oxygen atoms in total. The van der Waals surface area contributed by atoms with Crippen LogP contribution in [0.4, 0.5) is 0 Å². The number of halogens is 1. The molecule has 229 valence electrons. The van der Waals surface area contributed by atoms with Crippen LogP contribution in [0.15, 0.2) is 91.0 Å². The summed E-state index contributed by atoms with van der Waals surface area (Å²) in [7, 11) is 1.62. The van der Waals surface area contributed by atoms with E-state index >= 15 is 0 Å². The first-order valence-corrected chi connectivity index (χ1v) is 21.6. The summed E-state index contributed by atoms with van der Waals surface area (Å²) < 4.78 is 5.51. The number of rotatable bonds is 11. The Balaban J connectivity index is 0.000000353. The number of hydrogen-bond donors (Lipinski definition) is 1. The van der Waals surface area contributed by atoms with E-state index in [2.05, 4.69) is 138 Å². The van der Waals surface area contributed by atoms with Gasteiger partial charge in [0.2, 0.25) is 0 Å². The minimum Gasteiger partial charge on any atom is -0.478 e. The molecule has 0 saturated heterocycles. The van der Waals surface area contributed by atoms with Gasteiger partial charge in [-0.25, -0.2) is 4.79 Å². The van der Waals surface area contributed by atoms with E-state index in [0.29, 0.717) is 12.1 Å². The number of aromatic carboxylic acids is 1. The van der Waals surface area contributed by atoms with E-state index in [1.807, 2.05) is 6.92 Å². The zero-order chi connectivity index (χ0) is 31.8. The molecule has 0 aliphatic heterocycles. The average Bonchev–Trinajstić information content (AvgIpc) is 3.27. The first-order valence-electron chi connectivity index (χ1n) is 15.1. The topological polar surface area (TPSA) is 55.1 Å². The molecule has 0 amide bonds. The van der Waals surface area contributed by atoms with Crippen LogP contribution >= 0.6 is 11.6 Å². The van der Waals surface area contributed by atoms with E-state index in [1.54, 1.807) is 7.05 Å². The first-order chi connectivity index (χ1) is 20.2. The monoisotopic (exact) mass is 707 g/mol. The van der Waals surface area contributed by atoms with E-state index in [1.165, 1.54) is 34.7 Å². The van der Waals surface area contributed by atoms with Gasteiger partial charge >= 0.3 is 205 Å². The molecule has 6 heteroatoms. The summed E-state index contributed by atoms with van der Waals surface area (Å²) >= 11 is 3.87. The fourth-order valence-corrected chi connectivity index (χ4v) is 19.8. The van der Waals surface area contributed by atoms with Crippen molar-refractivity contribution >= 4 is 37.3 Å². The Kier molecular flexibility index (Phi) is 12.1. The van der Waals surface area contributed by atoms with E-state index in [9.17, 15) is 4.79 Å². The van der Waals surface area contributed by atoms with E-state index in [-0.39, 0.29) is 27.0 Å². The van der Waals surface area contributed by atoms with Crippen LogP contribution in [0.25, 0.3) is 0 Å². The Morgan fingerprint density at radius 2 is 1.05 bits per heavy atom.